The second kappa shape index (κ2) is 8.82. The quantitative estimate of drug-likeness (QED) is 0.764. The molecule has 0 aromatic carbocycles. The van der Waals surface area contributed by atoms with Gasteiger partial charge in [0.1, 0.15) is 0 Å². The molecule has 2 aliphatic rings. The van der Waals surface area contributed by atoms with Crippen molar-refractivity contribution in [2.75, 3.05) is 53.1 Å². The maximum Gasteiger partial charge on any atom is 0.239 e. The number of carbonyl (C=O) groups is 1. The van der Waals surface area contributed by atoms with Crippen molar-refractivity contribution in [3.8, 4) is 0 Å². The van der Waals surface area contributed by atoms with E-state index in [-0.39, 0.29) is 17.9 Å². The van der Waals surface area contributed by atoms with Crippen LogP contribution in [0.25, 0.3) is 0 Å². The summed E-state index contributed by atoms with van der Waals surface area (Å²) in [6, 6.07) is 0.0432. The van der Waals surface area contributed by atoms with Crippen molar-refractivity contribution >= 4 is 5.91 Å². The molecule has 128 valence electrons. The molecule has 2 heterocycles. The second-order valence-electron chi connectivity index (χ2n) is 6.35. The lowest BCUT2D eigenvalue weighted by Gasteiger charge is -2.42. The van der Waals surface area contributed by atoms with Crippen molar-refractivity contribution in [2.45, 2.75) is 38.3 Å². The minimum atomic E-state index is -0.369. The highest BCUT2D eigenvalue weighted by molar-refractivity contribution is 5.82. The molecule has 6 nitrogen and oxygen atoms in total. The van der Waals surface area contributed by atoms with Gasteiger partial charge in [0.15, 0.2) is 0 Å². The fourth-order valence-electron chi connectivity index (χ4n) is 3.47. The topological polar surface area (TPSA) is 68.0 Å². The summed E-state index contributed by atoms with van der Waals surface area (Å²) in [5.41, 5.74) is 6.24. The largest absolute Gasteiger partial charge is 0.383 e. The van der Waals surface area contributed by atoms with Gasteiger partial charge in [-0.1, -0.05) is 6.92 Å². The molecule has 2 rings (SSSR count). The first-order chi connectivity index (χ1) is 10.7. The molecule has 0 bridgehead atoms. The van der Waals surface area contributed by atoms with E-state index in [1.165, 1.54) is 0 Å². The fourth-order valence-corrected chi connectivity index (χ4v) is 3.47. The standard InChI is InChI=1S/C16H31N3O3/c1-3-14-12-19(7-6-18(14)8-11-21-2)16(20)15(17)13-4-9-22-10-5-13/h13-15H,3-12,17H2,1-2H3. The molecule has 2 aliphatic heterocycles. The third-order valence-electron chi connectivity index (χ3n) is 5.03. The van der Waals surface area contributed by atoms with Gasteiger partial charge in [-0.3, -0.25) is 9.69 Å². The summed E-state index contributed by atoms with van der Waals surface area (Å²) in [6.45, 7) is 7.79. The molecule has 2 atom stereocenters. The number of rotatable bonds is 6. The summed E-state index contributed by atoms with van der Waals surface area (Å²) in [4.78, 5) is 17.1. The Balaban J connectivity index is 1.88. The minimum absolute atomic E-state index is 0.122. The normalized spacial score (nSPS) is 26.1. The molecule has 2 N–H and O–H groups in total. The van der Waals surface area contributed by atoms with Crippen LogP contribution in [-0.4, -0.2) is 80.9 Å². The average Bonchev–Trinajstić information content (AvgIpc) is 2.59. The number of methoxy groups -OCH3 is 1. The summed E-state index contributed by atoms with van der Waals surface area (Å²) in [6.07, 6.45) is 2.84. The Labute approximate surface area is 133 Å². The minimum Gasteiger partial charge on any atom is -0.383 e. The Hall–Kier alpha value is -0.690. The van der Waals surface area contributed by atoms with Crippen LogP contribution in [0.3, 0.4) is 0 Å². The molecule has 0 saturated carbocycles. The van der Waals surface area contributed by atoms with Gasteiger partial charge in [0.2, 0.25) is 5.91 Å². The number of hydrogen-bond acceptors (Lipinski definition) is 5. The second-order valence-corrected chi connectivity index (χ2v) is 6.35. The fraction of sp³-hybridized carbons (Fsp3) is 0.938. The number of nitrogens with two attached hydrogens (primary N) is 1. The van der Waals surface area contributed by atoms with Gasteiger partial charge < -0.3 is 20.1 Å². The van der Waals surface area contributed by atoms with E-state index in [1.54, 1.807) is 7.11 Å². The van der Waals surface area contributed by atoms with Gasteiger partial charge in [-0.25, -0.2) is 0 Å². The number of hydrogen-bond donors (Lipinski definition) is 1. The first-order valence-corrected chi connectivity index (χ1v) is 8.52. The third-order valence-corrected chi connectivity index (χ3v) is 5.03. The molecule has 6 heteroatoms. The van der Waals surface area contributed by atoms with Crippen molar-refractivity contribution in [1.82, 2.24) is 9.80 Å². The molecule has 0 spiro atoms. The van der Waals surface area contributed by atoms with Crippen LogP contribution in [0.1, 0.15) is 26.2 Å². The van der Waals surface area contributed by atoms with E-state index in [0.29, 0.717) is 6.04 Å². The van der Waals surface area contributed by atoms with E-state index in [4.69, 9.17) is 15.2 Å². The van der Waals surface area contributed by atoms with Crippen molar-refractivity contribution in [1.29, 1.82) is 0 Å². The highest BCUT2D eigenvalue weighted by Crippen LogP contribution is 2.21. The molecule has 1 amide bonds. The van der Waals surface area contributed by atoms with Crippen molar-refractivity contribution in [3.63, 3.8) is 0 Å². The zero-order chi connectivity index (χ0) is 15.9. The van der Waals surface area contributed by atoms with E-state index in [2.05, 4.69) is 11.8 Å². The SMILES string of the molecule is CCC1CN(C(=O)C(N)C2CCOCC2)CCN1CCOC. The highest BCUT2D eigenvalue weighted by atomic mass is 16.5. The van der Waals surface area contributed by atoms with Crippen LogP contribution >= 0.6 is 0 Å². The van der Waals surface area contributed by atoms with Gasteiger partial charge >= 0.3 is 0 Å². The van der Waals surface area contributed by atoms with E-state index in [9.17, 15) is 4.79 Å². The molecule has 22 heavy (non-hydrogen) atoms. The maximum atomic E-state index is 12.7. The van der Waals surface area contributed by atoms with Crippen LogP contribution in [0.4, 0.5) is 0 Å². The zero-order valence-corrected chi connectivity index (χ0v) is 14.0. The molecular formula is C16H31N3O3. The Kier molecular flexibility index (Phi) is 7.08. The molecule has 0 aliphatic carbocycles. The van der Waals surface area contributed by atoms with Gasteiger partial charge in [0.25, 0.3) is 0 Å². The molecule has 0 aromatic rings. The van der Waals surface area contributed by atoms with Crippen LogP contribution < -0.4 is 5.73 Å². The number of carbonyl (C=O) groups excluding carboxylic acids is 1. The molecule has 2 saturated heterocycles. The van der Waals surface area contributed by atoms with Gasteiger partial charge in [0, 0.05) is 52.5 Å². The summed E-state index contributed by atoms with van der Waals surface area (Å²) >= 11 is 0. The predicted molar refractivity (Wildman–Crippen MR) is 85.6 cm³/mol. The van der Waals surface area contributed by atoms with Crippen molar-refractivity contribution < 1.29 is 14.3 Å². The number of ether oxygens (including phenoxy) is 2. The van der Waals surface area contributed by atoms with E-state index < -0.39 is 0 Å². The lowest BCUT2D eigenvalue weighted by atomic mass is 9.91. The summed E-state index contributed by atoms with van der Waals surface area (Å²) < 4.78 is 10.5. The van der Waals surface area contributed by atoms with Crippen LogP contribution in [0.5, 0.6) is 0 Å². The van der Waals surface area contributed by atoms with Crippen LogP contribution in [0.15, 0.2) is 0 Å². The van der Waals surface area contributed by atoms with Crippen molar-refractivity contribution in [3.05, 3.63) is 0 Å². The van der Waals surface area contributed by atoms with E-state index >= 15 is 0 Å². The Morgan fingerprint density at radius 1 is 1.36 bits per heavy atom. The summed E-state index contributed by atoms with van der Waals surface area (Å²) in [5.74, 6) is 0.393. The number of piperazine rings is 1. The van der Waals surface area contributed by atoms with Gasteiger partial charge in [0.05, 0.1) is 12.6 Å². The molecule has 0 radical (unpaired) electrons. The first-order valence-electron chi connectivity index (χ1n) is 8.52. The Bertz CT molecular complexity index is 348. The Morgan fingerprint density at radius 3 is 2.73 bits per heavy atom. The zero-order valence-electron chi connectivity index (χ0n) is 14.0. The average molecular weight is 313 g/mol. The smallest absolute Gasteiger partial charge is 0.239 e. The first kappa shape index (κ1) is 17.7. The lowest BCUT2D eigenvalue weighted by molar-refractivity contribution is -0.138. The van der Waals surface area contributed by atoms with E-state index in [0.717, 1.165) is 65.3 Å². The summed E-state index contributed by atoms with van der Waals surface area (Å²) in [7, 11) is 1.73. The molecule has 2 unspecified atom stereocenters. The highest BCUT2D eigenvalue weighted by Gasteiger charge is 2.34. The van der Waals surface area contributed by atoms with Gasteiger partial charge in [-0.2, -0.15) is 0 Å². The Morgan fingerprint density at radius 2 is 2.09 bits per heavy atom. The molecule has 0 aromatic heterocycles. The predicted octanol–water partition coefficient (Wildman–Crippen LogP) is 0.310. The van der Waals surface area contributed by atoms with Crippen molar-refractivity contribution in [2.24, 2.45) is 11.7 Å². The summed E-state index contributed by atoms with van der Waals surface area (Å²) in [5, 5.41) is 0. The van der Waals surface area contributed by atoms with Crippen LogP contribution in [0.2, 0.25) is 0 Å². The van der Waals surface area contributed by atoms with E-state index in [1.807, 2.05) is 4.90 Å². The third kappa shape index (κ3) is 4.41. The molecular weight excluding hydrogens is 282 g/mol. The monoisotopic (exact) mass is 313 g/mol. The van der Waals surface area contributed by atoms with Crippen LogP contribution in [-0.2, 0) is 14.3 Å². The van der Waals surface area contributed by atoms with Gasteiger partial charge in [-0.05, 0) is 25.2 Å². The number of nitrogens with zero attached hydrogens (tertiary/aromatic N) is 2. The molecule has 2 fully saturated rings. The van der Waals surface area contributed by atoms with Crippen LogP contribution in [0, 0.1) is 5.92 Å². The lowest BCUT2D eigenvalue weighted by Crippen LogP contribution is -2.59. The number of amides is 1. The van der Waals surface area contributed by atoms with Gasteiger partial charge in [-0.15, -0.1) is 0 Å². The maximum absolute atomic E-state index is 12.7.